The number of hydrogen-bond donors (Lipinski definition) is 2. The molecule has 5 atom stereocenters. The molecule has 9 nitrogen and oxygen atoms in total. The number of hydrogen-bond acceptors (Lipinski definition) is 6. The number of carbonyl (C=O) groups excluding carboxylic acids is 4. The van der Waals surface area contributed by atoms with E-state index in [-0.39, 0.29) is 42.2 Å². The van der Waals surface area contributed by atoms with E-state index < -0.39 is 35.2 Å². The van der Waals surface area contributed by atoms with Gasteiger partial charge in [-0.25, -0.2) is 9.59 Å². The van der Waals surface area contributed by atoms with Crippen LogP contribution in [0.1, 0.15) is 98.5 Å². The molecule has 0 bridgehead atoms. The van der Waals surface area contributed by atoms with E-state index in [0.717, 1.165) is 56.9 Å². The third kappa shape index (κ3) is 7.90. The van der Waals surface area contributed by atoms with Crippen molar-refractivity contribution in [2.45, 2.75) is 123 Å². The highest BCUT2D eigenvalue weighted by Crippen LogP contribution is 2.44. The average molecular weight is 598 g/mol. The number of rotatable bonds is 9. The van der Waals surface area contributed by atoms with E-state index >= 15 is 0 Å². The van der Waals surface area contributed by atoms with Crippen LogP contribution in [0, 0.1) is 23.7 Å². The smallest absolute Gasteiger partial charge is 0.408 e. The van der Waals surface area contributed by atoms with Gasteiger partial charge in [-0.3, -0.25) is 9.59 Å². The quantitative estimate of drug-likeness (QED) is 0.371. The van der Waals surface area contributed by atoms with Crippen LogP contribution in [-0.2, 0) is 30.5 Å². The second kappa shape index (κ2) is 13.7. The predicted octanol–water partition coefficient (Wildman–Crippen LogP) is 5.36. The molecule has 1 aromatic carbocycles. The lowest BCUT2D eigenvalue weighted by molar-refractivity contribution is -0.166. The van der Waals surface area contributed by atoms with Crippen molar-refractivity contribution in [3.63, 3.8) is 0 Å². The zero-order valence-corrected chi connectivity index (χ0v) is 26.8. The molecule has 3 unspecified atom stereocenters. The molecule has 1 saturated heterocycles. The summed E-state index contributed by atoms with van der Waals surface area (Å²) >= 11 is 0. The number of alkyl carbamates (subject to hydrolysis) is 1. The molecule has 2 aliphatic carbocycles. The van der Waals surface area contributed by atoms with Crippen molar-refractivity contribution in [3.8, 4) is 0 Å². The normalized spacial score (nSPS) is 24.5. The van der Waals surface area contributed by atoms with E-state index in [2.05, 4.69) is 10.6 Å². The van der Waals surface area contributed by atoms with Gasteiger partial charge < -0.3 is 25.0 Å². The Balaban J connectivity index is 1.53. The number of fused-ring (bicyclic) bond motifs is 1. The van der Waals surface area contributed by atoms with Crippen LogP contribution in [0.25, 0.3) is 0 Å². The third-order valence-electron chi connectivity index (χ3n) is 9.67. The highest BCUT2D eigenvalue weighted by Gasteiger charge is 2.55. The van der Waals surface area contributed by atoms with Crippen molar-refractivity contribution < 1.29 is 28.7 Å². The molecule has 3 fully saturated rings. The summed E-state index contributed by atoms with van der Waals surface area (Å²) in [5, 5.41) is 5.91. The van der Waals surface area contributed by atoms with Crippen LogP contribution in [0.4, 0.5) is 4.79 Å². The maximum absolute atomic E-state index is 14.4. The fourth-order valence-electron chi connectivity index (χ4n) is 7.01. The summed E-state index contributed by atoms with van der Waals surface area (Å²) in [7, 11) is 0. The third-order valence-corrected chi connectivity index (χ3v) is 9.67. The number of ether oxygens (including phenoxy) is 2. The zero-order chi connectivity index (χ0) is 31.4. The lowest BCUT2D eigenvalue weighted by Gasteiger charge is -2.41. The topological polar surface area (TPSA) is 114 Å². The Bertz CT molecular complexity index is 1140. The molecule has 238 valence electrons. The van der Waals surface area contributed by atoms with Gasteiger partial charge in [0.2, 0.25) is 11.8 Å². The van der Waals surface area contributed by atoms with Crippen LogP contribution in [0.3, 0.4) is 0 Å². The van der Waals surface area contributed by atoms with Gasteiger partial charge in [0, 0.05) is 6.54 Å². The molecule has 1 heterocycles. The standard InChI is InChI=1S/C34H51N3O6/c1-22(2)34(6,31(40)37-20-25-18-13-19-26(25)28(37)30(39)43-33(3,4)5)36-29(38)27(24-16-11-8-12-17-24)35-32(41)42-21-23-14-9-7-10-15-23/h7,9-10,14-15,22,24-28H,8,11-13,16-21H2,1-6H3,(H,35,41)(H,36,38)/t25?,26-,27?,28-,34?/m0/s1. The number of nitrogens with zero attached hydrogens (tertiary/aromatic N) is 1. The van der Waals surface area contributed by atoms with Crippen LogP contribution in [-0.4, -0.2) is 58.5 Å². The zero-order valence-electron chi connectivity index (χ0n) is 26.8. The molecule has 43 heavy (non-hydrogen) atoms. The highest BCUT2D eigenvalue weighted by atomic mass is 16.6. The summed E-state index contributed by atoms with van der Waals surface area (Å²) in [6.07, 6.45) is 6.87. The summed E-state index contributed by atoms with van der Waals surface area (Å²) < 4.78 is 11.3. The van der Waals surface area contributed by atoms with Crippen molar-refractivity contribution >= 4 is 23.9 Å². The average Bonchev–Trinajstić information content (AvgIpc) is 3.56. The first-order valence-corrected chi connectivity index (χ1v) is 16.1. The minimum absolute atomic E-state index is 0.0574. The minimum Gasteiger partial charge on any atom is -0.458 e. The Morgan fingerprint density at radius 2 is 1.60 bits per heavy atom. The van der Waals surface area contributed by atoms with Crippen molar-refractivity contribution in [1.29, 1.82) is 0 Å². The Kier molecular flexibility index (Phi) is 10.4. The first-order valence-electron chi connectivity index (χ1n) is 16.1. The van der Waals surface area contributed by atoms with E-state index in [1.807, 2.05) is 65.0 Å². The van der Waals surface area contributed by atoms with Crippen LogP contribution in [0.2, 0.25) is 0 Å². The molecule has 0 radical (unpaired) electrons. The van der Waals surface area contributed by atoms with Crippen molar-refractivity contribution in [3.05, 3.63) is 35.9 Å². The molecule has 2 N–H and O–H groups in total. The maximum Gasteiger partial charge on any atom is 0.408 e. The van der Waals surface area contributed by atoms with Gasteiger partial charge in [0.05, 0.1) is 0 Å². The van der Waals surface area contributed by atoms with Crippen LogP contribution in [0.15, 0.2) is 30.3 Å². The Morgan fingerprint density at radius 3 is 2.23 bits per heavy atom. The van der Waals surface area contributed by atoms with Crippen LogP contribution >= 0.6 is 0 Å². The summed E-state index contributed by atoms with van der Waals surface area (Å²) in [4.78, 5) is 56.5. The number of nitrogens with one attached hydrogen (secondary N) is 2. The number of carbonyl (C=O) groups is 4. The van der Waals surface area contributed by atoms with Gasteiger partial charge in [-0.15, -0.1) is 0 Å². The molecule has 1 aliphatic heterocycles. The summed E-state index contributed by atoms with van der Waals surface area (Å²) in [5.41, 5.74) is -1.12. The van der Waals surface area contributed by atoms with E-state index in [0.29, 0.717) is 6.54 Å². The van der Waals surface area contributed by atoms with Gasteiger partial charge in [-0.1, -0.05) is 69.9 Å². The molecule has 2 saturated carbocycles. The number of amides is 3. The van der Waals surface area contributed by atoms with E-state index in [4.69, 9.17) is 9.47 Å². The molecule has 3 amide bonds. The van der Waals surface area contributed by atoms with Gasteiger partial charge in [-0.2, -0.15) is 0 Å². The van der Waals surface area contributed by atoms with Gasteiger partial charge in [0.25, 0.3) is 0 Å². The largest absolute Gasteiger partial charge is 0.458 e. The maximum atomic E-state index is 14.4. The lowest BCUT2D eigenvalue weighted by Crippen LogP contribution is -2.66. The monoisotopic (exact) mass is 597 g/mol. The molecule has 0 aromatic heterocycles. The summed E-state index contributed by atoms with van der Waals surface area (Å²) in [5.74, 6) is -1.11. The van der Waals surface area contributed by atoms with Gasteiger partial charge in [0.15, 0.2) is 0 Å². The minimum atomic E-state index is -1.29. The molecular weight excluding hydrogens is 546 g/mol. The van der Waals surface area contributed by atoms with Crippen LogP contribution < -0.4 is 10.6 Å². The molecule has 3 aliphatic rings. The van der Waals surface area contributed by atoms with E-state index in [1.165, 1.54) is 0 Å². The lowest BCUT2D eigenvalue weighted by atomic mass is 9.81. The second-order valence-electron chi connectivity index (χ2n) is 14.2. The van der Waals surface area contributed by atoms with Gasteiger partial charge in [-0.05, 0) is 82.6 Å². The summed E-state index contributed by atoms with van der Waals surface area (Å²) in [6.45, 7) is 11.6. The molecular formula is C34H51N3O6. The fourth-order valence-corrected chi connectivity index (χ4v) is 7.01. The number of likely N-dealkylation sites (tertiary alicyclic amines) is 1. The first kappa shape index (κ1) is 32.8. The molecule has 0 spiro atoms. The van der Waals surface area contributed by atoms with Gasteiger partial charge >= 0.3 is 12.1 Å². The second-order valence-corrected chi connectivity index (χ2v) is 14.2. The first-order chi connectivity index (χ1) is 20.3. The van der Waals surface area contributed by atoms with E-state index in [1.54, 1.807) is 11.8 Å². The molecule has 4 rings (SSSR count). The Labute approximate surface area is 256 Å². The number of esters is 1. The van der Waals surface area contributed by atoms with Crippen molar-refractivity contribution in [1.82, 2.24) is 15.5 Å². The highest BCUT2D eigenvalue weighted by molar-refractivity contribution is 5.96. The fraction of sp³-hybridized carbons (Fsp3) is 0.706. The number of benzene rings is 1. The van der Waals surface area contributed by atoms with Crippen LogP contribution in [0.5, 0.6) is 0 Å². The SMILES string of the molecule is CC(C)C(C)(NC(=O)C(NC(=O)OCc1ccccc1)C1CCCCC1)C(=O)N1CC2CCC[C@@H]2[C@H]1C(=O)OC(C)(C)C. The Hall–Kier alpha value is -3.10. The summed E-state index contributed by atoms with van der Waals surface area (Å²) in [6, 6.07) is 7.87. The molecule has 9 heteroatoms. The Morgan fingerprint density at radius 1 is 0.930 bits per heavy atom. The van der Waals surface area contributed by atoms with Gasteiger partial charge in [0.1, 0.15) is 29.8 Å². The van der Waals surface area contributed by atoms with Crippen molar-refractivity contribution in [2.75, 3.05) is 6.54 Å². The predicted molar refractivity (Wildman–Crippen MR) is 164 cm³/mol. The van der Waals surface area contributed by atoms with E-state index in [9.17, 15) is 19.2 Å². The molecule has 1 aromatic rings. The van der Waals surface area contributed by atoms with Crippen molar-refractivity contribution in [2.24, 2.45) is 23.7 Å².